The molecule has 1 aromatic heterocycles. The number of benzene rings is 1. The van der Waals surface area contributed by atoms with Crippen LogP contribution >= 0.6 is 0 Å². The van der Waals surface area contributed by atoms with Crippen LogP contribution in [-0.4, -0.2) is 39.6 Å². The molecule has 2 aromatic rings. The zero-order valence-electron chi connectivity index (χ0n) is 15.6. The molecule has 1 aromatic carbocycles. The number of nitrogens with zero attached hydrogens (tertiary/aromatic N) is 3. The third-order valence-electron chi connectivity index (χ3n) is 4.87. The van der Waals surface area contributed by atoms with Crippen LogP contribution in [0.15, 0.2) is 36.4 Å². The van der Waals surface area contributed by atoms with Crippen molar-refractivity contribution in [1.82, 2.24) is 20.0 Å². The summed E-state index contributed by atoms with van der Waals surface area (Å²) in [5.41, 5.74) is 3.00. The molecule has 0 spiro atoms. The minimum atomic E-state index is -0.223. The fourth-order valence-electron chi connectivity index (χ4n) is 3.65. The van der Waals surface area contributed by atoms with Crippen molar-refractivity contribution in [3.63, 3.8) is 0 Å². The number of aryl methyl sites for hydroxylation is 2. The Hall–Kier alpha value is -2.63. The summed E-state index contributed by atoms with van der Waals surface area (Å²) in [5.74, 6) is 0.0381. The van der Waals surface area contributed by atoms with Gasteiger partial charge < -0.3 is 10.2 Å². The van der Waals surface area contributed by atoms with Gasteiger partial charge in [0, 0.05) is 25.2 Å². The van der Waals surface area contributed by atoms with Crippen molar-refractivity contribution in [3.05, 3.63) is 53.3 Å². The molecule has 6 nitrogen and oxygen atoms in total. The largest absolute Gasteiger partial charge is 0.354 e. The second-order valence-corrected chi connectivity index (χ2v) is 6.99. The number of hydrogen-bond donors (Lipinski definition) is 1. The second kappa shape index (κ2) is 7.72. The maximum atomic E-state index is 13.1. The lowest BCUT2D eigenvalue weighted by atomic mass is 10.0. The van der Waals surface area contributed by atoms with Crippen LogP contribution in [0.25, 0.3) is 0 Å². The second-order valence-electron chi connectivity index (χ2n) is 6.99. The van der Waals surface area contributed by atoms with Gasteiger partial charge in [-0.2, -0.15) is 5.10 Å². The summed E-state index contributed by atoms with van der Waals surface area (Å²) in [4.78, 5) is 27.0. The lowest BCUT2D eigenvalue weighted by Gasteiger charge is -2.30. The predicted octanol–water partition coefficient (Wildman–Crippen LogP) is 2.54. The van der Waals surface area contributed by atoms with Crippen LogP contribution in [0.4, 0.5) is 0 Å². The summed E-state index contributed by atoms with van der Waals surface area (Å²) in [7, 11) is 0. The molecule has 0 bridgehead atoms. The maximum absolute atomic E-state index is 13.1. The summed E-state index contributed by atoms with van der Waals surface area (Å²) in [6.07, 6.45) is 0.656. The first-order valence-corrected chi connectivity index (χ1v) is 9.09. The molecule has 1 aliphatic heterocycles. The first kappa shape index (κ1) is 18.2. The van der Waals surface area contributed by atoms with E-state index >= 15 is 0 Å². The molecule has 2 heterocycles. The highest BCUT2D eigenvalue weighted by molar-refractivity contribution is 5.81. The SMILES string of the molecule is Cc1cc(C)n(C(C)CC(=O)N2CCNC(=O)CC2c2ccccc2)n1. The highest BCUT2D eigenvalue weighted by Crippen LogP contribution is 2.27. The van der Waals surface area contributed by atoms with E-state index in [0.29, 0.717) is 25.9 Å². The van der Waals surface area contributed by atoms with Crippen LogP contribution in [0.5, 0.6) is 0 Å². The fourth-order valence-corrected chi connectivity index (χ4v) is 3.65. The van der Waals surface area contributed by atoms with Crippen molar-refractivity contribution in [2.75, 3.05) is 13.1 Å². The van der Waals surface area contributed by atoms with Gasteiger partial charge >= 0.3 is 0 Å². The number of nitrogens with one attached hydrogen (secondary N) is 1. The number of carbonyl (C=O) groups excluding carboxylic acids is 2. The summed E-state index contributed by atoms with van der Waals surface area (Å²) < 4.78 is 1.91. The normalized spacial score (nSPS) is 19.0. The average molecular weight is 354 g/mol. The van der Waals surface area contributed by atoms with Crippen LogP contribution in [0.1, 0.15) is 48.8 Å². The van der Waals surface area contributed by atoms with E-state index in [0.717, 1.165) is 17.0 Å². The van der Waals surface area contributed by atoms with E-state index in [1.807, 2.05) is 66.8 Å². The highest BCUT2D eigenvalue weighted by Gasteiger charge is 2.30. The van der Waals surface area contributed by atoms with Crippen molar-refractivity contribution in [2.45, 2.75) is 45.7 Å². The van der Waals surface area contributed by atoms with Gasteiger partial charge in [0.05, 0.1) is 24.2 Å². The molecule has 0 saturated carbocycles. The standard InChI is InChI=1S/C20H26N4O2/c1-14-11-15(2)24(22-14)16(3)12-20(26)23-10-9-21-19(25)13-18(23)17-7-5-4-6-8-17/h4-8,11,16,18H,9-10,12-13H2,1-3H3,(H,21,25). The van der Waals surface area contributed by atoms with Gasteiger partial charge in [-0.05, 0) is 32.4 Å². The average Bonchev–Trinajstić information content (AvgIpc) is 2.83. The van der Waals surface area contributed by atoms with Crippen molar-refractivity contribution in [3.8, 4) is 0 Å². The summed E-state index contributed by atoms with van der Waals surface area (Å²) in [5, 5.41) is 7.37. The molecule has 1 saturated heterocycles. The predicted molar refractivity (Wildman–Crippen MR) is 99.6 cm³/mol. The molecule has 1 aliphatic rings. The van der Waals surface area contributed by atoms with Crippen LogP contribution in [0.3, 0.4) is 0 Å². The molecule has 6 heteroatoms. The Morgan fingerprint density at radius 1 is 1.31 bits per heavy atom. The van der Waals surface area contributed by atoms with Gasteiger partial charge in [0.25, 0.3) is 0 Å². The third-order valence-corrected chi connectivity index (χ3v) is 4.87. The Bertz CT molecular complexity index is 784. The van der Waals surface area contributed by atoms with Gasteiger partial charge in [-0.15, -0.1) is 0 Å². The van der Waals surface area contributed by atoms with E-state index in [1.54, 1.807) is 0 Å². The Morgan fingerprint density at radius 2 is 2.04 bits per heavy atom. The summed E-state index contributed by atoms with van der Waals surface area (Å²) in [6.45, 7) is 6.98. The van der Waals surface area contributed by atoms with E-state index in [-0.39, 0.29) is 23.9 Å². The highest BCUT2D eigenvalue weighted by atomic mass is 16.2. The van der Waals surface area contributed by atoms with E-state index in [9.17, 15) is 9.59 Å². The van der Waals surface area contributed by atoms with Gasteiger partial charge in [0.2, 0.25) is 11.8 Å². The van der Waals surface area contributed by atoms with Gasteiger partial charge in [0.15, 0.2) is 0 Å². The maximum Gasteiger partial charge on any atom is 0.225 e. The van der Waals surface area contributed by atoms with Crippen LogP contribution in [0.2, 0.25) is 0 Å². The molecule has 1 N–H and O–H groups in total. The Balaban J connectivity index is 1.80. The van der Waals surface area contributed by atoms with E-state index < -0.39 is 0 Å². The van der Waals surface area contributed by atoms with Crippen LogP contribution < -0.4 is 5.32 Å². The molecule has 2 atom stereocenters. The van der Waals surface area contributed by atoms with E-state index in [1.165, 1.54) is 0 Å². The minimum absolute atomic E-state index is 0.0132. The van der Waals surface area contributed by atoms with Crippen molar-refractivity contribution in [1.29, 1.82) is 0 Å². The molecule has 26 heavy (non-hydrogen) atoms. The van der Waals surface area contributed by atoms with Gasteiger partial charge in [-0.3, -0.25) is 14.3 Å². The topological polar surface area (TPSA) is 67.2 Å². The zero-order valence-corrected chi connectivity index (χ0v) is 15.6. The number of carbonyl (C=O) groups is 2. The summed E-state index contributed by atoms with van der Waals surface area (Å²) >= 11 is 0. The molecular weight excluding hydrogens is 328 g/mol. The molecule has 3 rings (SSSR count). The van der Waals surface area contributed by atoms with Gasteiger partial charge in [-0.25, -0.2) is 0 Å². The Labute approximate surface area is 154 Å². The van der Waals surface area contributed by atoms with Gasteiger partial charge in [-0.1, -0.05) is 30.3 Å². The van der Waals surface area contributed by atoms with Crippen molar-refractivity contribution < 1.29 is 9.59 Å². The van der Waals surface area contributed by atoms with Gasteiger partial charge in [0.1, 0.15) is 0 Å². The van der Waals surface area contributed by atoms with E-state index in [4.69, 9.17) is 0 Å². The molecule has 2 unspecified atom stereocenters. The molecule has 0 aliphatic carbocycles. The van der Waals surface area contributed by atoms with E-state index in [2.05, 4.69) is 10.4 Å². The first-order chi connectivity index (χ1) is 12.5. The Morgan fingerprint density at radius 3 is 2.69 bits per heavy atom. The molecule has 0 radical (unpaired) electrons. The molecule has 1 fully saturated rings. The van der Waals surface area contributed by atoms with Crippen molar-refractivity contribution in [2.24, 2.45) is 0 Å². The molecule has 138 valence electrons. The lowest BCUT2D eigenvalue weighted by Crippen LogP contribution is -2.37. The zero-order chi connectivity index (χ0) is 18.7. The van der Waals surface area contributed by atoms with Crippen LogP contribution in [-0.2, 0) is 9.59 Å². The quantitative estimate of drug-likeness (QED) is 0.917. The van der Waals surface area contributed by atoms with Crippen LogP contribution in [0, 0.1) is 13.8 Å². The first-order valence-electron chi connectivity index (χ1n) is 9.09. The monoisotopic (exact) mass is 354 g/mol. The third kappa shape index (κ3) is 3.95. The molecule has 2 amide bonds. The number of rotatable bonds is 4. The number of hydrogen-bond acceptors (Lipinski definition) is 3. The summed E-state index contributed by atoms with van der Waals surface area (Å²) in [6, 6.07) is 11.6. The Kier molecular flexibility index (Phi) is 5.40. The lowest BCUT2D eigenvalue weighted by molar-refractivity contribution is -0.134. The molecular formula is C20H26N4O2. The minimum Gasteiger partial charge on any atom is -0.354 e. The number of amides is 2. The smallest absolute Gasteiger partial charge is 0.225 e. The number of aromatic nitrogens is 2. The van der Waals surface area contributed by atoms with Crippen molar-refractivity contribution >= 4 is 11.8 Å². The fraction of sp³-hybridized carbons (Fsp3) is 0.450.